The van der Waals surface area contributed by atoms with E-state index >= 15 is 0 Å². The highest BCUT2D eigenvalue weighted by Gasteiger charge is 2.53. The van der Waals surface area contributed by atoms with Gasteiger partial charge in [0.15, 0.2) is 0 Å². The van der Waals surface area contributed by atoms with Crippen molar-refractivity contribution in [2.45, 2.75) is 39.2 Å². The van der Waals surface area contributed by atoms with Gasteiger partial charge in [-0.15, -0.1) is 0 Å². The fourth-order valence-electron chi connectivity index (χ4n) is 2.70. The Kier molecular flexibility index (Phi) is 1.17. The second-order valence-electron chi connectivity index (χ2n) is 4.23. The predicted molar refractivity (Wildman–Crippen MR) is 40.4 cm³/mol. The zero-order valence-corrected chi connectivity index (χ0v) is 6.72. The highest BCUT2D eigenvalue weighted by molar-refractivity contribution is 5.21. The van der Waals surface area contributed by atoms with Gasteiger partial charge in [-0.25, -0.2) is 0 Å². The summed E-state index contributed by atoms with van der Waals surface area (Å²) in [7, 11) is 0. The molecule has 2 saturated carbocycles. The molecule has 1 heteroatoms. The number of hydrogen-bond acceptors (Lipinski definition) is 1. The van der Waals surface area contributed by atoms with Gasteiger partial charge in [0.25, 0.3) is 0 Å². The minimum absolute atomic E-state index is 0.0613. The molecule has 0 saturated heterocycles. The van der Waals surface area contributed by atoms with Crippen molar-refractivity contribution < 1.29 is 5.11 Å². The van der Waals surface area contributed by atoms with E-state index in [-0.39, 0.29) is 6.10 Å². The topological polar surface area (TPSA) is 20.2 Å². The number of hydrogen-bond donors (Lipinski definition) is 1. The monoisotopic (exact) mass is 139 g/mol. The van der Waals surface area contributed by atoms with E-state index in [1.165, 1.54) is 18.8 Å². The van der Waals surface area contributed by atoms with Crippen molar-refractivity contribution in [2.75, 3.05) is 0 Å². The maximum atomic E-state index is 9.52. The standard InChI is InChI=1S/C9H15O/c1-9(2)6-3-4-7(9)8(10)5-6/h6,8,10H,3-5H2,1-2H3. The van der Waals surface area contributed by atoms with Crippen LogP contribution in [0.5, 0.6) is 0 Å². The minimum Gasteiger partial charge on any atom is -0.392 e. The summed E-state index contributed by atoms with van der Waals surface area (Å²) in [5.74, 6) is 2.19. The molecule has 2 aliphatic rings. The lowest BCUT2D eigenvalue weighted by Gasteiger charge is -2.23. The largest absolute Gasteiger partial charge is 0.392 e. The molecule has 0 spiro atoms. The van der Waals surface area contributed by atoms with E-state index in [2.05, 4.69) is 13.8 Å². The van der Waals surface area contributed by atoms with Crippen LogP contribution in [0.4, 0.5) is 0 Å². The van der Waals surface area contributed by atoms with E-state index in [0.29, 0.717) is 5.41 Å². The molecule has 1 radical (unpaired) electrons. The third kappa shape index (κ3) is 0.619. The molecule has 2 atom stereocenters. The Balaban J connectivity index is 2.27. The zero-order valence-electron chi connectivity index (χ0n) is 6.72. The van der Waals surface area contributed by atoms with E-state index in [1.807, 2.05) is 0 Å². The van der Waals surface area contributed by atoms with Crippen LogP contribution in [-0.2, 0) is 0 Å². The summed E-state index contributed by atoms with van der Waals surface area (Å²) in [6, 6.07) is 0. The van der Waals surface area contributed by atoms with Crippen LogP contribution >= 0.6 is 0 Å². The molecule has 2 bridgehead atoms. The van der Waals surface area contributed by atoms with Crippen molar-refractivity contribution in [3.05, 3.63) is 5.92 Å². The summed E-state index contributed by atoms with van der Waals surface area (Å²) in [6.45, 7) is 4.55. The van der Waals surface area contributed by atoms with Crippen LogP contribution in [0.2, 0.25) is 0 Å². The molecular weight excluding hydrogens is 124 g/mol. The maximum Gasteiger partial charge on any atom is 0.0611 e. The van der Waals surface area contributed by atoms with Crippen molar-refractivity contribution in [1.29, 1.82) is 0 Å². The van der Waals surface area contributed by atoms with Gasteiger partial charge in [-0.2, -0.15) is 0 Å². The first-order chi connectivity index (χ1) is 4.62. The van der Waals surface area contributed by atoms with Crippen molar-refractivity contribution in [3.63, 3.8) is 0 Å². The van der Waals surface area contributed by atoms with Crippen molar-refractivity contribution >= 4 is 0 Å². The smallest absolute Gasteiger partial charge is 0.0611 e. The van der Waals surface area contributed by atoms with Crippen molar-refractivity contribution in [1.82, 2.24) is 0 Å². The van der Waals surface area contributed by atoms with Gasteiger partial charge < -0.3 is 5.11 Å². The zero-order chi connectivity index (χ0) is 7.35. The summed E-state index contributed by atoms with van der Waals surface area (Å²) >= 11 is 0. The van der Waals surface area contributed by atoms with Crippen LogP contribution in [0.1, 0.15) is 33.1 Å². The predicted octanol–water partition coefficient (Wildman–Crippen LogP) is 1.76. The summed E-state index contributed by atoms with van der Waals surface area (Å²) in [5, 5.41) is 9.52. The first-order valence-electron chi connectivity index (χ1n) is 4.16. The second kappa shape index (κ2) is 1.76. The van der Waals surface area contributed by atoms with Crippen LogP contribution in [0.25, 0.3) is 0 Å². The van der Waals surface area contributed by atoms with Gasteiger partial charge >= 0.3 is 0 Å². The third-order valence-corrected chi connectivity index (χ3v) is 3.52. The van der Waals surface area contributed by atoms with E-state index in [0.717, 1.165) is 12.3 Å². The van der Waals surface area contributed by atoms with Crippen LogP contribution in [0, 0.1) is 17.3 Å². The number of aliphatic hydroxyl groups is 1. The SMILES string of the molecule is CC1(C)[C]2CCC1CC2O. The van der Waals surface area contributed by atoms with Crippen LogP contribution in [-0.4, -0.2) is 11.2 Å². The molecule has 10 heavy (non-hydrogen) atoms. The van der Waals surface area contributed by atoms with E-state index in [9.17, 15) is 5.11 Å². The van der Waals surface area contributed by atoms with Gasteiger partial charge in [0, 0.05) is 5.92 Å². The Bertz CT molecular complexity index is 151. The lowest BCUT2D eigenvalue weighted by Crippen LogP contribution is -2.19. The fraction of sp³-hybridized carbons (Fsp3) is 0.889. The lowest BCUT2D eigenvalue weighted by atomic mass is 9.82. The van der Waals surface area contributed by atoms with Crippen LogP contribution in [0.3, 0.4) is 0 Å². The summed E-state index contributed by atoms with van der Waals surface area (Å²) in [5.41, 5.74) is 0.361. The molecule has 2 fully saturated rings. The number of aliphatic hydroxyl groups excluding tert-OH is 1. The summed E-state index contributed by atoms with van der Waals surface area (Å²) in [6.07, 6.45) is 3.47. The normalized spacial score (nSPS) is 44.7. The van der Waals surface area contributed by atoms with Crippen molar-refractivity contribution in [3.8, 4) is 0 Å². The average Bonchev–Trinajstić information content (AvgIpc) is 2.20. The molecule has 0 heterocycles. The quantitative estimate of drug-likeness (QED) is 0.542. The van der Waals surface area contributed by atoms with Crippen LogP contribution < -0.4 is 0 Å². The molecule has 2 unspecified atom stereocenters. The molecule has 2 rings (SSSR count). The fourth-order valence-corrected chi connectivity index (χ4v) is 2.70. The highest BCUT2D eigenvalue weighted by atomic mass is 16.3. The molecule has 0 aromatic rings. The van der Waals surface area contributed by atoms with Gasteiger partial charge in [0.2, 0.25) is 0 Å². The Morgan fingerprint density at radius 3 is 2.40 bits per heavy atom. The van der Waals surface area contributed by atoms with Gasteiger partial charge in [-0.1, -0.05) is 13.8 Å². The molecule has 0 aliphatic heterocycles. The summed E-state index contributed by atoms with van der Waals surface area (Å²) in [4.78, 5) is 0. The highest BCUT2D eigenvalue weighted by Crippen LogP contribution is 2.58. The molecule has 1 nitrogen and oxygen atoms in total. The van der Waals surface area contributed by atoms with Gasteiger partial charge in [-0.05, 0) is 30.6 Å². The Morgan fingerprint density at radius 2 is 2.20 bits per heavy atom. The molecule has 0 aromatic carbocycles. The first kappa shape index (κ1) is 6.66. The Morgan fingerprint density at radius 1 is 1.50 bits per heavy atom. The molecular formula is C9H15O. The van der Waals surface area contributed by atoms with E-state index in [4.69, 9.17) is 0 Å². The number of rotatable bonds is 0. The van der Waals surface area contributed by atoms with Gasteiger partial charge in [0.1, 0.15) is 0 Å². The Hall–Kier alpha value is -0.0400. The molecule has 0 amide bonds. The van der Waals surface area contributed by atoms with E-state index < -0.39 is 0 Å². The maximum absolute atomic E-state index is 9.52. The molecule has 57 valence electrons. The summed E-state index contributed by atoms with van der Waals surface area (Å²) < 4.78 is 0. The van der Waals surface area contributed by atoms with Crippen LogP contribution in [0.15, 0.2) is 0 Å². The number of fused-ring (bicyclic) bond motifs is 2. The second-order valence-corrected chi connectivity index (χ2v) is 4.23. The third-order valence-electron chi connectivity index (χ3n) is 3.52. The minimum atomic E-state index is -0.0613. The molecule has 1 N–H and O–H groups in total. The lowest BCUT2D eigenvalue weighted by molar-refractivity contribution is 0.171. The molecule has 2 aliphatic carbocycles. The Labute approximate surface area is 62.4 Å². The molecule has 0 aromatic heterocycles. The van der Waals surface area contributed by atoms with Crippen molar-refractivity contribution in [2.24, 2.45) is 11.3 Å². The van der Waals surface area contributed by atoms with Gasteiger partial charge in [0.05, 0.1) is 6.10 Å². The average molecular weight is 139 g/mol. The van der Waals surface area contributed by atoms with Gasteiger partial charge in [-0.3, -0.25) is 0 Å². The van der Waals surface area contributed by atoms with E-state index in [1.54, 1.807) is 0 Å². The first-order valence-corrected chi connectivity index (χ1v) is 4.16.